The first-order chi connectivity index (χ1) is 10.7. The van der Waals surface area contributed by atoms with Crippen LogP contribution in [0.4, 0.5) is 8.78 Å². The van der Waals surface area contributed by atoms with Gasteiger partial charge in [-0.05, 0) is 38.4 Å². The van der Waals surface area contributed by atoms with Crippen molar-refractivity contribution in [1.82, 2.24) is 14.5 Å². The van der Waals surface area contributed by atoms with Crippen LogP contribution in [0, 0.1) is 11.6 Å². The highest BCUT2D eigenvalue weighted by molar-refractivity contribution is 5.19. The molecule has 0 amide bonds. The minimum atomic E-state index is -0.461. The monoisotopic (exact) mass is 305 g/mol. The van der Waals surface area contributed by atoms with E-state index >= 15 is 0 Å². The van der Waals surface area contributed by atoms with E-state index in [2.05, 4.69) is 21.4 Å². The van der Waals surface area contributed by atoms with Gasteiger partial charge in [-0.2, -0.15) is 0 Å². The highest BCUT2D eigenvalue weighted by Crippen LogP contribution is 2.27. The maximum atomic E-state index is 13.8. The van der Waals surface area contributed by atoms with Crippen LogP contribution < -0.4 is 0 Å². The highest BCUT2D eigenvalue weighted by atomic mass is 19.1. The van der Waals surface area contributed by atoms with E-state index in [0.717, 1.165) is 38.3 Å². The lowest BCUT2D eigenvalue weighted by atomic mass is 9.96. The topological polar surface area (TPSA) is 21.1 Å². The van der Waals surface area contributed by atoms with Gasteiger partial charge < -0.3 is 4.57 Å². The third kappa shape index (κ3) is 3.04. The quantitative estimate of drug-likeness (QED) is 0.861. The Hall–Kier alpha value is -1.75. The maximum absolute atomic E-state index is 13.8. The molecule has 118 valence electrons. The normalized spacial score (nSPS) is 19.5. The maximum Gasteiger partial charge on any atom is 0.130 e. The molecule has 1 fully saturated rings. The van der Waals surface area contributed by atoms with Crippen LogP contribution in [0.5, 0.6) is 0 Å². The average Bonchev–Trinajstić information content (AvgIpc) is 3.00. The summed E-state index contributed by atoms with van der Waals surface area (Å²) in [6.07, 6.45) is 5.92. The summed E-state index contributed by atoms with van der Waals surface area (Å²) in [5.74, 6) is 0.495. The van der Waals surface area contributed by atoms with Crippen LogP contribution in [0.25, 0.3) is 0 Å². The molecule has 1 atom stereocenters. The Bertz CT molecular complexity index is 618. The van der Waals surface area contributed by atoms with Crippen molar-refractivity contribution in [2.75, 3.05) is 13.1 Å². The second-order valence-corrected chi connectivity index (χ2v) is 5.85. The van der Waals surface area contributed by atoms with Crippen molar-refractivity contribution in [2.24, 2.45) is 0 Å². The highest BCUT2D eigenvalue weighted by Gasteiger charge is 2.25. The average molecular weight is 305 g/mol. The minimum absolute atomic E-state index is 0.169. The third-order valence-corrected chi connectivity index (χ3v) is 4.40. The van der Waals surface area contributed by atoms with E-state index in [0.29, 0.717) is 12.5 Å². The molecular weight excluding hydrogens is 284 g/mol. The molecule has 0 saturated carbocycles. The lowest BCUT2D eigenvalue weighted by Gasteiger charge is -2.32. The summed E-state index contributed by atoms with van der Waals surface area (Å²) in [5.41, 5.74) is 0.169. The van der Waals surface area contributed by atoms with Crippen molar-refractivity contribution in [3.8, 4) is 0 Å². The molecule has 1 saturated heterocycles. The van der Waals surface area contributed by atoms with Crippen LogP contribution in [0.2, 0.25) is 0 Å². The summed E-state index contributed by atoms with van der Waals surface area (Å²) < 4.78 is 29.8. The van der Waals surface area contributed by atoms with Crippen molar-refractivity contribution >= 4 is 0 Å². The molecule has 1 aliphatic heterocycles. The first-order valence-electron chi connectivity index (χ1n) is 7.85. The van der Waals surface area contributed by atoms with Gasteiger partial charge in [0.2, 0.25) is 0 Å². The fourth-order valence-electron chi connectivity index (χ4n) is 3.26. The fourth-order valence-corrected chi connectivity index (χ4v) is 3.26. The molecule has 0 bridgehead atoms. The van der Waals surface area contributed by atoms with Gasteiger partial charge in [0.05, 0.1) is 0 Å². The molecule has 3 rings (SSSR count). The van der Waals surface area contributed by atoms with Crippen molar-refractivity contribution in [3.05, 3.63) is 53.6 Å². The molecule has 0 radical (unpaired) electrons. The standard InChI is InChI=1S/C17H21F2N3/c1-2-22-10-8-20-17(22)13-5-4-9-21(11-13)12-14-15(18)6-3-7-16(14)19/h3,6-8,10,13H,2,4-5,9,11-12H2,1H3/t13-/m1/s1. The van der Waals surface area contributed by atoms with Crippen LogP contribution in [0.15, 0.2) is 30.6 Å². The second-order valence-electron chi connectivity index (χ2n) is 5.85. The molecular formula is C17H21F2N3. The lowest BCUT2D eigenvalue weighted by molar-refractivity contribution is 0.190. The molecule has 0 spiro atoms. The Balaban J connectivity index is 1.74. The van der Waals surface area contributed by atoms with E-state index in [-0.39, 0.29) is 5.56 Å². The number of piperidine rings is 1. The first kappa shape index (κ1) is 15.2. The molecule has 1 aromatic heterocycles. The van der Waals surface area contributed by atoms with E-state index in [4.69, 9.17) is 0 Å². The van der Waals surface area contributed by atoms with Gasteiger partial charge in [-0.25, -0.2) is 13.8 Å². The number of aromatic nitrogens is 2. The predicted octanol–water partition coefficient (Wildman–Crippen LogP) is 3.56. The van der Waals surface area contributed by atoms with Gasteiger partial charge in [-0.3, -0.25) is 4.90 Å². The number of nitrogens with zero attached hydrogens (tertiary/aromatic N) is 3. The van der Waals surface area contributed by atoms with Gasteiger partial charge in [0, 0.05) is 43.5 Å². The Labute approximate surface area is 129 Å². The Morgan fingerprint density at radius 2 is 2.05 bits per heavy atom. The molecule has 0 N–H and O–H groups in total. The van der Waals surface area contributed by atoms with Crippen LogP contribution in [-0.2, 0) is 13.1 Å². The van der Waals surface area contributed by atoms with E-state index in [1.54, 1.807) is 0 Å². The van der Waals surface area contributed by atoms with E-state index < -0.39 is 11.6 Å². The summed E-state index contributed by atoms with van der Waals surface area (Å²) in [5, 5.41) is 0. The van der Waals surface area contributed by atoms with Gasteiger partial charge in [-0.1, -0.05) is 6.07 Å². The fraction of sp³-hybridized carbons (Fsp3) is 0.471. The number of benzene rings is 1. The van der Waals surface area contributed by atoms with Gasteiger partial charge in [0.25, 0.3) is 0 Å². The number of rotatable bonds is 4. The predicted molar refractivity (Wildman–Crippen MR) is 81.5 cm³/mol. The molecule has 1 aliphatic rings. The number of imidazole rings is 1. The SMILES string of the molecule is CCn1ccnc1[C@@H]1CCCN(Cc2c(F)cccc2F)C1. The summed E-state index contributed by atoms with van der Waals surface area (Å²) >= 11 is 0. The molecule has 0 unspecified atom stereocenters. The molecule has 22 heavy (non-hydrogen) atoms. The van der Waals surface area contributed by atoms with Crippen LogP contribution in [0.1, 0.15) is 37.1 Å². The van der Waals surface area contributed by atoms with Crippen molar-refractivity contribution in [1.29, 1.82) is 0 Å². The second kappa shape index (κ2) is 6.57. The summed E-state index contributed by atoms with van der Waals surface area (Å²) in [6, 6.07) is 4.05. The molecule has 1 aromatic carbocycles. The Morgan fingerprint density at radius 3 is 2.77 bits per heavy atom. The zero-order valence-electron chi connectivity index (χ0n) is 12.8. The molecule has 2 heterocycles. The third-order valence-electron chi connectivity index (χ3n) is 4.40. The lowest BCUT2D eigenvalue weighted by Crippen LogP contribution is -2.35. The largest absolute Gasteiger partial charge is 0.335 e. The zero-order valence-corrected chi connectivity index (χ0v) is 12.8. The van der Waals surface area contributed by atoms with Crippen LogP contribution >= 0.6 is 0 Å². The van der Waals surface area contributed by atoms with E-state index in [1.807, 2.05) is 12.4 Å². The zero-order chi connectivity index (χ0) is 15.5. The number of halogens is 2. The van der Waals surface area contributed by atoms with Gasteiger partial charge >= 0.3 is 0 Å². The van der Waals surface area contributed by atoms with Crippen molar-refractivity contribution in [2.45, 2.75) is 38.8 Å². The van der Waals surface area contributed by atoms with E-state index in [9.17, 15) is 8.78 Å². The number of aryl methyl sites for hydroxylation is 1. The Kier molecular flexibility index (Phi) is 4.52. The summed E-state index contributed by atoms with van der Waals surface area (Å²) in [6.45, 7) is 4.98. The molecule has 3 nitrogen and oxygen atoms in total. The molecule has 2 aromatic rings. The van der Waals surface area contributed by atoms with Crippen molar-refractivity contribution < 1.29 is 8.78 Å². The smallest absolute Gasteiger partial charge is 0.130 e. The summed E-state index contributed by atoms with van der Waals surface area (Å²) in [7, 11) is 0. The Morgan fingerprint density at radius 1 is 1.27 bits per heavy atom. The van der Waals surface area contributed by atoms with E-state index in [1.165, 1.54) is 18.2 Å². The van der Waals surface area contributed by atoms with Gasteiger partial charge in [0.1, 0.15) is 17.5 Å². The molecule has 5 heteroatoms. The first-order valence-corrected chi connectivity index (χ1v) is 7.85. The van der Waals surface area contributed by atoms with Crippen LogP contribution in [-0.4, -0.2) is 27.5 Å². The minimum Gasteiger partial charge on any atom is -0.335 e. The summed E-state index contributed by atoms with van der Waals surface area (Å²) in [4.78, 5) is 6.60. The number of hydrogen-bond acceptors (Lipinski definition) is 2. The molecule has 0 aliphatic carbocycles. The number of likely N-dealkylation sites (tertiary alicyclic amines) is 1. The van der Waals surface area contributed by atoms with Crippen LogP contribution in [0.3, 0.4) is 0 Å². The van der Waals surface area contributed by atoms with Gasteiger partial charge in [0.15, 0.2) is 0 Å². The van der Waals surface area contributed by atoms with Gasteiger partial charge in [-0.15, -0.1) is 0 Å². The number of hydrogen-bond donors (Lipinski definition) is 0. The van der Waals surface area contributed by atoms with Crippen molar-refractivity contribution in [3.63, 3.8) is 0 Å².